The van der Waals surface area contributed by atoms with E-state index >= 15 is 0 Å². The van der Waals surface area contributed by atoms with E-state index in [-0.39, 0.29) is 18.0 Å². The van der Waals surface area contributed by atoms with Crippen LogP contribution in [-0.4, -0.2) is 36.7 Å². The number of nitrogens with zero attached hydrogens (tertiary/aromatic N) is 1. The minimum atomic E-state index is -0.685. The Morgan fingerprint density at radius 3 is 2.91 bits per heavy atom. The molecule has 2 bridgehead atoms. The molecule has 0 N–H and O–H groups in total. The lowest BCUT2D eigenvalue weighted by atomic mass is 9.77. The molecule has 22 heavy (non-hydrogen) atoms. The predicted molar refractivity (Wildman–Crippen MR) is 79.2 cm³/mol. The molecule has 3 heterocycles. The van der Waals surface area contributed by atoms with Crippen LogP contribution in [0.2, 0.25) is 0 Å². The number of esters is 1. The summed E-state index contributed by atoms with van der Waals surface area (Å²) < 4.78 is 11.2. The first-order chi connectivity index (χ1) is 10.7. The van der Waals surface area contributed by atoms with Crippen LogP contribution in [0.4, 0.5) is 5.69 Å². The summed E-state index contributed by atoms with van der Waals surface area (Å²) >= 11 is 0. The molecule has 4 atom stereocenters. The van der Waals surface area contributed by atoms with E-state index in [4.69, 9.17) is 9.47 Å². The van der Waals surface area contributed by atoms with Crippen molar-refractivity contribution in [2.45, 2.75) is 18.6 Å². The van der Waals surface area contributed by atoms with Gasteiger partial charge in [0.15, 0.2) is 0 Å². The first-order valence-corrected chi connectivity index (χ1v) is 7.56. The Labute approximate surface area is 128 Å². The average molecular weight is 299 g/mol. The Morgan fingerprint density at radius 1 is 1.41 bits per heavy atom. The highest BCUT2D eigenvalue weighted by atomic mass is 16.6. The number of benzene rings is 1. The summed E-state index contributed by atoms with van der Waals surface area (Å²) in [6.07, 6.45) is 3.49. The van der Waals surface area contributed by atoms with Crippen molar-refractivity contribution in [1.29, 1.82) is 0 Å². The summed E-state index contributed by atoms with van der Waals surface area (Å²) in [5, 5.41) is 0. The normalized spacial score (nSPS) is 35.0. The zero-order chi connectivity index (χ0) is 15.3. The SMILES string of the molecule is CCOC(=O)[C@@H]1[C@H]2C=C[C@@]3(CN(c4ccccc4)C(=O)[C@@H]13)O2. The number of hydrogen-bond donors (Lipinski definition) is 0. The number of amides is 1. The molecule has 0 radical (unpaired) electrons. The van der Waals surface area contributed by atoms with Crippen molar-refractivity contribution in [1.82, 2.24) is 0 Å². The fourth-order valence-corrected chi connectivity index (χ4v) is 3.83. The lowest BCUT2D eigenvalue weighted by Crippen LogP contribution is -2.40. The van der Waals surface area contributed by atoms with Gasteiger partial charge < -0.3 is 14.4 Å². The minimum Gasteiger partial charge on any atom is -0.466 e. The van der Waals surface area contributed by atoms with Gasteiger partial charge in [0, 0.05) is 5.69 Å². The Kier molecular flexibility index (Phi) is 2.87. The smallest absolute Gasteiger partial charge is 0.312 e. The van der Waals surface area contributed by atoms with Gasteiger partial charge in [-0.05, 0) is 19.1 Å². The van der Waals surface area contributed by atoms with Crippen molar-refractivity contribution in [2.75, 3.05) is 18.1 Å². The fraction of sp³-hybridized carbons (Fsp3) is 0.412. The summed E-state index contributed by atoms with van der Waals surface area (Å²) in [4.78, 5) is 26.9. The van der Waals surface area contributed by atoms with E-state index in [2.05, 4.69) is 0 Å². The lowest BCUT2D eigenvalue weighted by molar-refractivity contribution is -0.151. The third kappa shape index (κ3) is 1.69. The van der Waals surface area contributed by atoms with Crippen LogP contribution in [0.3, 0.4) is 0 Å². The molecule has 114 valence electrons. The second-order valence-corrected chi connectivity index (χ2v) is 5.91. The van der Waals surface area contributed by atoms with Crippen molar-refractivity contribution in [3.63, 3.8) is 0 Å². The Morgan fingerprint density at radius 2 is 2.18 bits per heavy atom. The summed E-state index contributed by atoms with van der Waals surface area (Å²) in [6, 6.07) is 9.49. The van der Waals surface area contributed by atoms with Crippen LogP contribution in [0.5, 0.6) is 0 Å². The second kappa shape index (κ2) is 4.68. The highest BCUT2D eigenvalue weighted by Crippen LogP contribution is 2.52. The van der Waals surface area contributed by atoms with Crippen LogP contribution >= 0.6 is 0 Å². The average Bonchev–Trinajstić information content (AvgIpc) is 3.17. The largest absolute Gasteiger partial charge is 0.466 e. The fourth-order valence-electron chi connectivity index (χ4n) is 3.83. The predicted octanol–water partition coefficient (Wildman–Crippen LogP) is 1.54. The minimum absolute atomic E-state index is 0.0592. The van der Waals surface area contributed by atoms with Crippen molar-refractivity contribution < 1.29 is 19.1 Å². The number of carbonyl (C=O) groups is 2. The van der Waals surface area contributed by atoms with Gasteiger partial charge in [-0.15, -0.1) is 0 Å². The van der Waals surface area contributed by atoms with Gasteiger partial charge >= 0.3 is 5.97 Å². The van der Waals surface area contributed by atoms with Crippen LogP contribution < -0.4 is 4.90 Å². The molecule has 3 aliphatic rings. The number of anilines is 1. The Bertz CT molecular complexity index is 656. The van der Waals surface area contributed by atoms with Crippen molar-refractivity contribution in [2.24, 2.45) is 11.8 Å². The molecule has 5 heteroatoms. The van der Waals surface area contributed by atoms with Crippen LogP contribution in [-0.2, 0) is 19.1 Å². The molecule has 1 spiro atoms. The summed E-state index contributed by atoms with van der Waals surface area (Å²) in [6.45, 7) is 2.52. The number of rotatable bonds is 3. The topological polar surface area (TPSA) is 55.8 Å². The van der Waals surface area contributed by atoms with Crippen LogP contribution in [0.1, 0.15) is 6.92 Å². The van der Waals surface area contributed by atoms with E-state index in [1.165, 1.54) is 0 Å². The lowest BCUT2D eigenvalue weighted by Gasteiger charge is -2.22. The maximum Gasteiger partial charge on any atom is 0.312 e. The number of fused-ring (bicyclic) bond motifs is 1. The summed E-state index contributed by atoms with van der Waals surface area (Å²) in [7, 11) is 0. The van der Waals surface area contributed by atoms with Gasteiger partial charge in [-0.25, -0.2) is 0 Å². The van der Waals surface area contributed by atoms with Gasteiger partial charge in [0.2, 0.25) is 5.91 Å². The van der Waals surface area contributed by atoms with Crippen LogP contribution in [0.25, 0.3) is 0 Å². The number of ether oxygens (including phenoxy) is 2. The van der Waals surface area contributed by atoms with Crippen molar-refractivity contribution in [3.8, 4) is 0 Å². The maximum atomic E-state index is 12.9. The highest BCUT2D eigenvalue weighted by molar-refractivity contribution is 6.02. The first-order valence-electron chi connectivity index (χ1n) is 7.56. The molecule has 0 aliphatic carbocycles. The Hall–Kier alpha value is -2.14. The van der Waals surface area contributed by atoms with Gasteiger partial charge in [-0.3, -0.25) is 9.59 Å². The summed E-state index contributed by atoms with van der Waals surface area (Å²) in [5.41, 5.74) is 0.147. The van der Waals surface area contributed by atoms with E-state index in [1.807, 2.05) is 42.5 Å². The van der Waals surface area contributed by atoms with Gasteiger partial charge in [0.1, 0.15) is 11.5 Å². The van der Waals surface area contributed by atoms with E-state index in [0.29, 0.717) is 13.2 Å². The van der Waals surface area contributed by atoms with E-state index in [0.717, 1.165) is 5.69 Å². The highest BCUT2D eigenvalue weighted by Gasteiger charge is 2.67. The molecule has 0 unspecified atom stereocenters. The molecule has 4 rings (SSSR count). The zero-order valence-corrected chi connectivity index (χ0v) is 12.3. The molecular weight excluding hydrogens is 282 g/mol. The molecule has 1 aromatic carbocycles. The molecule has 0 saturated carbocycles. The van der Waals surface area contributed by atoms with Crippen LogP contribution in [0.15, 0.2) is 42.5 Å². The quantitative estimate of drug-likeness (QED) is 0.627. The number of carbonyl (C=O) groups excluding carboxylic acids is 2. The monoisotopic (exact) mass is 299 g/mol. The van der Waals surface area contributed by atoms with E-state index in [1.54, 1.807) is 11.8 Å². The van der Waals surface area contributed by atoms with Crippen LogP contribution in [0, 0.1) is 11.8 Å². The van der Waals surface area contributed by atoms with E-state index < -0.39 is 17.4 Å². The van der Waals surface area contributed by atoms with Gasteiger partial charge in [-0.2, -0.15) is 0 Å². The molecule has 3 aliphatic heterocycles. The molecule has 5 nitrogen and oxygen atoms in total. The standard InChI is InChI=1S/C17H17NO4/c1-2-21-16(20)13-12-8-9-17(22-12)10-18(15(19)14(13)17)11-6-4-3-5-7-11/h3-9,12-14H,2,10H2,1H3/t12-,13-,14-,17+/m1/s1. The number of hydrogen-bond acceptors (Lipinski definition) is 4. The van der Waals surface area contributed by atoms with Gasteiger partial charge in [0.05, 0.1) is 25.2 Å². The second-order valence-electron chi connectivity index (χ2n) is 5.91. The maximum absolute atomic E-state index is 12.9. The van der Waals surface area contributed by atoms with Crippen molar-refractivity contribution >= 4 is 17.6 Å². The third-order valence-electron chi connectivity index (χ3n) is 4.73. The molecular formula is C17H17NO4. The summed E-state index contributed by atoms with van der Waals surface area (Å²) in [5.74, 6) is -1.42. The van der Waals surface area contributed by atoms with Gasteiger partial charge in [0.25, 0.3) is 0 Å². The molecule has 2 saturated heterocycles. The third-order valence-corrected chi connectivity index (χ3v) is 4.73. The van der Waals surface area contributed by atoms with Crippen molar-refractivity contribution in [3.05, 3.63) is 42.5 Å². The molecule has 2 fully saturated rings. The first kappa shape index (κ1) is 13.5. The molecule has 0 aromatic heterocycles. The zero-order valence-electron chi connectivity index (χ0n) is 12.3. The number of para-hydroxylation sites is 1. The van der Waals surface area contributed by atoms with Gasteiger partial charge in [-0.1, -0.05) is 30.4 Å². The molecule has 1 aromatic rings. The molecule has 1 amide bonds. The van der Waals surface area contributed by atoms with E-state index in [9.17, 15) is 9.59 Å². The Balaban J connectivity index is 1.69.